The summed E-state index contributed by atoms with van der Waals surface area (Å²) in [5.41, 5.74) is 2.64. The second kappa shape index (κ2) is 3.42. The number of hydrogen-bond donors (Lipinski definition) is 0. The summed E-state index contributed by atoms with van der Waals surface area (Å²) >= 11 is 0. The minimum absolute atomic E-state index is 1.05. The van der Waals surface area contributed by atoms with E-state index in [4.69, 9.17) is 0 Å². The van der Waals surface area contributed by atoms with Crippen molar-refractivity contribution in [3.8, 4) is 0 Å². The van der Waals surface area contributed by atoms with Gasteiger partial charge in [0.2, 0.25) is 0 Å². The Morgan fingerprint density at radius 1 is 1.18 bits per heavy atom. The molecular weight excluding hydrogens is 134 g/mol. The zero-order valence-corrected chi connectivity index (χ0v) is 7.46. The van der Waals surface area contributed by atoms with Crippen molar-refractivity contribution in [2.75, 3.05) is 14.1 Å². The first-order valence-corrected chi connectivity index (χ1v) is 3.92. The molecule has 0 spiro atoms. The van der Waals surface area contributed by atoms with Crippen LogP contribution in [-0.4, -0.2) is 19.0 Å². The van der Waals surface area contributed by atoms with Crippen LogP contribution in [0.25, 0.3) is 0 Å². The van der Waals surface area contributed by atoms with Gasteiger partial charge < -0.3 is 4.90 Å². The van der Waals surface area contributed by atoms with E-state index < -0.39 is 0 Å². The fraction of sp³-hybridized carbons (Fsp3) is 0.400. The van der Waals surface area contributed by atoms with Gasteiger partial charge in [-0.05, 0) is 19.4 Å². The predicted molar refractivity (Wildman–Crippen MR) is 49.3 cm³/mol. The van der Waals surface area contributed by atoms with Crippen molar-refractivity contribution in [1.82, 2.24) is 4.90 Å². The maximum absolute atomic E-state index is 2.23. The van der Waals surface area contributed by atoms with Crippen molar-refractivity contribution in [2.45, 2.75) is 13.3 Å². The van der Waals surface area contributed by atoms with Crippen LogP contribution < -0.4 is 0 Å². The van der Waals surface area contributed by atoms with Crippen LogP contribution in [0.3, 0.4) is 0 Å². The average Bonchev–Trinajstić information content (AvgIpc) is 2.13. The monoisotopic (exact) mass is 149 g/mol. The van der Waals surface area contributed by atoms with Crippen LogP contribution in [0.5, 0.6) is 0 Å². The van der Waals surface area contributed by atoms with E-state index in [9.17, 15) is 0 Å². The van der Waals surface area contributed by atoms with E-state index in [2.05, 4.69) is 50.2 Å². The van der Waals surface area contributed by atoms with E-state index >= 15 is 0 Å². The normalized spacial score (nSPS) is 17.0. The summed E-state index contributed by atoms with van der Waals surface area (Å²) in [6, 6.07) is 0. The van der Waals surface area contributed by atoms with Crippen LogP contribution >= 0.6 is 0 Å². The van der Waals surface area contributed by atoms with Gasteiger partial charge in [-0.1, -0.05) is 23.8 Å². The highest BCUT2D eigenvalue weighted by molar-refractivity contribution is 5.29. The molecule has 0 atom stereocenters. The number of hydrogen-bond acceptors (Lipinski definition) is 1. The summed E-state index contributed by atoms with van der Waals surface area (Å²) in [6.07, 6.45) is 9.81. The molecule has 0 amide bonds. The van der Waals surface area contributed by atoms with Gasteiger partial charge in [-0.15, -0.1) is 0 Å². The van der Waals surface area contributed by atoms with Crippen LogP contribution in [0.1, 0.15) is 13.3 Å². The number of likely N-dealkylation sites (N-methyl/N-ethyl adjacent to an activating group) is 1. The first-order chi connectivity index (χ1) is 5.20. The molecule has 0 aromatic carbocycles. The molecule has 0 heterocycles. The Labute approximate surface area is 68.7 Å². The molecule has 0 radical (unpaired) electrons. The Bertz CT molecular complexity index is 219. The predicted octanol–water partition coefficient (Wildman–Crippen LogP) is 2.34. The van der Waals surface area contributed by atoms with Gasteiger partial charge in [0, 0.05) is 19.8 Å². The zero-order valence-electron chi connectivity index (χ0n) is 7.46. The summed E-state index contributed by atoms with van der Waals surface area (Å²) in [6.45, 7) is 2.13. The molecule has 11 heavy (non-hydrogen) atoms. The van der Waals surface area contributed by atoms with Crippen molar-refractivity contribution < 1.29 is 0 Å². The third-order valence-corrected chi connectivity index (χ3v) is 1.80. The van der Waals surface area contributed by atoms with E-state index in [0.29, 0.717) is 0 Å². The Morgan fingerprint density at radius 2 is 1.91 bits per heavy atom. The molecule has 0 bridgehead atoms. The van der Waals surface area contributed by atoms with Gasteiger partial charge in [-0.25, -0.2) is 0 Å². The molecule has 0 unspecified atom stereocenters. The molecule has 0 saturated heterocycles. The number of allylic oxidation sites excluding steroid dienone is 5. The van der Waals surface area contributed by atoms with Crippen molar-refractivity contribution in [2.24, 2.45) is 0 Å². The van der Waals surface area contributed by atoms with E-state index in [-0.39, 0.29) is 0 Å². The standard InChI is InChI=1S/C10H15N/c1-9-5-4-6-10(8-7-9)11(2)3/h5-8H,4H2,1-3H3. The highest BCUT2D eigenvalue weighted by Gasteiger charge is 1.96. The van der Waals surface area contributed by atoms with Gasteiger partial charge in [0.15, 0.2) is 0 Å². The lowest BCUT2D eigenvalue weighted by molar-refractivity contribution is 0.528. The summed E-state index contributed by atoms with van der Waals surface area (Å²) in [5, 5.41) is 0. The van der Waals surface area contributed by atoms with E-state index in [1.165, 1.54) is 11.3 Å². The highest BCUT2D eigenvalue weighted by Crippen LogP contribution is 2.10. The van der Waals surface area contributed by atoms with Gasteiger partial charge in [-0.3, -0.25) is 0 Å². The molecule has 0 aliphatic heterocycles. The summed E-state index contributed by atoms with van der Waals surface area (Å²) in [4.78, 5) is 2.13. The number of rotatable bonds is 1. The van der Waals surface area contributed by atoms with Gasteiger partial charge >= 0.3 is 0 Å². The van der Waals surface area contributed by atoms with Crippen molar-refractivity contribution >= 4 is 0 Å². The van der Waals surface area contributed by atoms with E-state index in [1.807, 2.05) is 0 Å². The topological polar surface area (TPSA) is 3.24 Å². The second-order valence-corrected chi connectivity index (χ2v) is 3.04. The van der Waals surface area contributed by atoms with Crippen LogP contribution in [0, 0.1) is 0 Å². The Balaban J connectivity index is 2.74. The maximum atomic E-state index is 2.23. The van der Waals surface area contributed by atoms with Crippen LogP contribution in [0.2, 0.25) is 0 Å². The molecule has 0 saturated carbocycles. The quantitative estimate of drug-likeness (QED) is 0.553. The molecule has 1 aliphatic carbocycles. The Morgan fingerprint density at radius 3 is 2.55 bits per heavy atom. The zero-order chi connectivity index (χ0) is 8.27. The van der Waals surface area contributed by atoms with Crippen LogP contribution in [0.4, 0.5) is 0 Å². The highest BCUT2D eigenvalue weighted by atomic mass is 15.1. The molecule has 0 aromatic rings. The first-order valence-electron chi connectivity index (χ1n) is 3.92. The first kappa shape index (κ1) is 8.12. The third kappa shape index (κ3) is 2.26. The largest absolute Gasteiger partial charge is 0.378 e. The molecule has 1 rings (SSSR count). The maximum Gasteiger partial charge on any atom is 0.0323 e. The molecule has 1 aliphatic rings. The molecular formula is C10H15N. The molecule has 60 valence electrons. The lowest BCUT2D eigenvalue weighted by Crippen LogP contribution is -2.08. The lowest BCUT2D eigenvalue weighted by Gasteiger charge is -2.12. The molecule has 1 nitrogen and oxygen atoms in total. The lowest BCUT2D eigenvalue weighted by atomic mass is 10.2. The van der Waals surface area contributed by atoms with Crippen molar-refractivity contribution in [3.05, 3.63) is 35.6 Å². The van der Waals surface area contributed by atoms with Gasteiger partial charge in [0.1, 0.15) is 0 Å². The average molecular weight is 149 g/mol. The SMILES string of the molecule is CC1=CCC=C(N(C)C)C=C1. The fourth-order valence-electron chi connectivity index (χ4n) is 1.05. The molecule has 0 N–H and O–H groups in total. The molecule has 0 aromatic heterocycles. The van der Waals surface area contributed by atoms with E-state index in [1.54, 1.807) is 0 Å². The summed E-state index contributed by atoms with van der Waals surface area (Å²) in [5.74, 6) is 0. The van der Waals surface area contributed by atoms with Crippen molar-refractivity contribution in [1.29, 1.82) is 0 Å². The third-order valence-electron chi connectivity index (χ3n) is 1.80. The Kier molecular flexibility index (Phi) is 2.53. The van der Waals surface area contributed by atoms with Crippen molar-refractivity contribution in [3.63, 3.8) is 0 Å². The Hall–Kier alpha value is -0.980. The van der Waals surface area contributed by atoms with Gasteiger partial charge in [0.25, 0.3) is 0 Å². The summed E-state index contributed by atoms with van der Waals surface area (Å²) in [7, 11) is 4.13. The minimum Gasteiger partial charge on any atom is -0.378 e. The van der Waals surface area contributed by atoms with Gasteiger partial charge in [-0.2, -0.15) is 0 Å². The fourth-order valence-corrected chi connectivity index (χ4v) is 1.05. The number of nitrogens with zero attached hydrogens (tertiary/aromatic N) is 1. The van der Waals surface area contributed by atoms with Crippen LogP contribution in [-0.2, 0) is 0 Å². The minimum atomic E-state index is 1.05. The molecule has 1 heteroatoms. The van der Waals surface area contributed by atoms with Crippen LogP contribution in [0.15, 0.2) is 35.6 Å². The van der Waals surface area contributed by atoms with E-state index in [0.717, 1.165) is 6.42 Å². The smallest absolute Gasteiger partial charge is 0.0323 e. The summed E-state index contributed by atoms with van der Waals surface area (Å²) < 4.78 is 0. The van der Waals surface area contributed by atoms with Gasteiger partial charge in [0.05, 0.1) is 0 Å². The molecule has 0 fully saturated rings. The second-order valence-electron chi connectivity index (χ2n) is 3.04.